The molecule has 0 saturated heterocycles. The molecule has 4 N–H and O–H groups in total. The molecule has 2 aromatic carbocycles. The third kappa shape index (κ3) is 2.82. The molecule has 0 unspecified atom stereocenters. The van der Waals surface area contributed by atoms with Crippen LogP contribution in [0.25, 0.3) is 10.8 Å². The van der Waals surface area contributed by atoms with Gasteiger partial charge in [-0.1, -0.05) is 35.5 Å². The fourth-order valence-electron chi connectivity index (χ4n) is 3.12. The Balaban J connectivity index is 1.95. The van der Waals surface area contributed by atoms with E-state index in [1.54, 1.807) is 12.1 Å². The highest BCUT2D eigenvalue weighted by atomic mass is 16.4. The van der Waals surface area contributed by atoms with E-state index in [2.05, 4.69) is 15.5 Å². The minimum atomic E-state index is -0.425. The van der Waals surface area contributed by atoms with Gasteiger partial charge in [0.2, 0.25) is 11.8 Å². The number of hydrogen-bond acceptors (Lipinski definition) is 5. The van der Waals surface area contributed by atoms with E-state index in [-0.39, 0.29) is 18.1 Å². The van der Waals surface area contributed by atoms with Crippen LogP contribution in [0.2, 0.25) is 0 Å². The fourth-order valence-corrected chi connectivity index (χ4v) is 3.12. The van der Waals surface area contributed by atoms with Gasteiger partial charge < -0.3 is 16.3 Å². The average Bonchev–Trinajstić information content (AvgIpc) is 2.82. The van der Waals surface area contributed by atoms with Gasteiger partial charge in [0.1, 0.15) is 12.2 Å². The van der Waals surface area contributed by atoms with Crippen LogP contribution in [0.1, 0.15) is 12.0 Å². The lowest BCUT2D eigenvalue weighted by Crippen LogP contribution is -2.27. The van der Waals surface area contributed by atoms with Crippen LogP contribution in [0.5, 0.6) is 0 Å². The number of fused-ring (bicyclic) bond motifs is 3. The van der Waals surface area contributed by atoms with Crippen molar-refractivity contribution in [2.24, 2.45) is 10.9 Å². The number of rotatable bonds is 2. The van der Waals surface area contributed by atoms with E-state index in [1.807, 2.05) is 30.3 Å². The van der Waals surface area contributed by atoms with Crippen molar-refractivity contribution in [1.29, 1.82) is 0 Å². The Kier molecular flexibility index (Phi) is 3.92. The molecule has 2 heterocycles. The van der Waals surface area contributed by atoms with Crippen molar-refractivity contribution in [3.63, 3.8) is 0 Å². The second kappa shape index (κ2) is 6.41. The second-order valence-corrected chi connectivity index (χ2v) is 6.02. The maximum Gasteiger partial charge on any atom is 0.242 e. The lowest BCUT2D eigenvalue weighted by molar-refractivity contribution is -0.124. The third-order valence-corrected chi connectivity index (χ3v) is 4.35. The summed E-state index contributed by atoms with van der Waals surface area (Å²) in [4.78, 5) is 30.7. The van der Waals surface area contributed by atoms with Gasteiger partial charge in [0, 0.05) is 17.1 Å². The summed E-state index contributed by atoms with van der Waals surface area (Å²) in [5, 5.41) is 16.5. The first kappa shape index (κ1) is 16.5. The number of hydrogen-bond donors (Lipinski definition) is 3. The van der Waals surface area contributed by atoms with Crippen molar-refractivity contribution >= 4 is 45.6 Å². The maximum atomic E-state index is 12.8. The molecular formula is C19H15N5O3. The van der Waals surface area contributed by atoms with Crippen LogP contribution < -0.4 is 16.0 Å². The number of pyridine rings is 1. The van der Waals surface area contributed by atoms with Gasteiger partial charge in [-0.2, -0.15) is 0 Å². The molecule has 4 rings (SSSR count). The van der Waals surface area contributed by atoms with Crippen molar-refractivity contribution in [3.8, 4) is 0 Å². The molecule has 8 heteroatoms. The number of carbonyl (C=O) groups excluding carboxylic acids is 2. The molecule has 0 atom stereocenters. The van der Waals surface area contributed by atoms with Crippen LogP contribution >= 0.6 is 0 Å². The van der Waals surface area contributed by atoms with Crippen molar-refractivity contribution in [2.45, 2.75) is 6.42 Å². The summed E-state index contributed by atoms with van der Waals surface area (Å²) in [6.07, 6.45) is 1.13. The van der Waals surface area contributed by atoms with Crippen molar-refractivity contribution in [2.75, 3.05) is 10.2 Å². The van der Waals surface area contributed by atoms with E-state index in [0.717, 1.165) is 10.8 Å². The standard InChI is InChI=1S/C19H15N5O3/c20-19(23-27)12-7-8-21-15(9-12)24-14-6-5-11-3-1-2-4-13(11)18(14)22-16(25)10-17(24)26/h1-9,27H,10H2,(H2,20,23)(H,22,25). The molecule has 1 aliphatic rings. The van der Waals surface area contributed by atoms with Crippen LogP contribution in [-0.2, 0) is 9.59 Å². The van der Waals surface area contributed by atoms with Gasteiger partial charge in [0.15, 0.2) is 5.84 Å². The first-order valence-corrected chi connectivity index (χ1v) is 8.17. The Morgan fingerprint density at radius 1 is 1.19 bits per heavy atom. The van der Waals surface area contributed by atoms with Gasteiger partial charge in [-0.3, -0.25) is 14.5 Å². The lowest BCUT2D eigenvalue weighted by Gasteiger charge is -2.22. The van der Waals surface area contributed by atoms with Gasteiger partial charge in [-0.05, 0) is 23.6 Å². The van der Waals surface area contributed by atoms with Crippen LogP contribution in [0.4, 0.5) is 17.2 Å². The number of oxime groups is 1. The summed E-state index contributed by atoms with van der Waals surface area (Å²) in [5.41, 5.74) is 7.11. The Bertz CT molecular complexity index is 1110. The first-order chi connectivity index (χ1) is 13.1. The Hall–Kier alpha value is -3.94. The number of nitrogens with one attached hydrogen (secondary N) is 1. The summed E-state index contributed by atoms with van der Waals surface area (Å²) in [6.45, 7) is 0. The van der Waals surface area contributed by atoms with Crippen molar-refractivity contribution in [3.05, 3.63) is 60.3 Å². The predicted octanol–water partition coefficient (Wildman–Crippen LogP) is 2.34. The van der Waals surface area contributed by atoms with E-state index in [4.69, 9.17) is 10.9 Å². The number of carbonyl (C=O) groups is 2. The summed E-state index contributed by atoms with van der Waals surface area (Å²) < 4.78 is 0. The van der Waals surface area contributed by atoms with E-state index >= 15 is 0 Å². The quantitative estimate of drug-likeness (QED) is 0.213. The van der Waals surface area contributed by atoms with Crippen LogP contribution in [0.15, 0.2) is 59.9 Å². The SMILES string of the molecule is N/C(=N\O)c1ccnc(N2C(=O)CC(=O)Nc3c2ccc2ccccc32)c1. The molecule has 0 radical (unpaired) electrons. The molecule has 8 nitrogen and oxygen atoms in total. The predicted molar refractivity (Wildman–Crippen MR) is 101 cm³/mol. The number of anilines is 3. The molecule has 0 bridgehead atoms. The zero-order chi connectivity index (χ0) is 19.0. The highest BCUT2D eigenvalue weighted by molar-refractivity contribution is 6.21. The number of benzene rings is 2. The highest BCUT2D eigenvalue weighted by Crippen LogP contribution is 2.39. The third-order valence-electron chi connectivity index (χ3n) is 4.35. The number of nitrogens with zero attached hydrogens (tertiary/aromatic N) is 3. The van der Waals surface area contributed by atoms with Crippen molar-refractivity contribution in [1.82, 2.24) is 4.98 Å². The number of nitrogens with two attached hydrogens (primary N) is 1. The van der Waals surface area contributed by atoms with Crippen LogP contribution in [-0.4, -0.2) is 27.8 Å². The lowest BCUT2D eigenvalue weighted by atomic mass is 10.1. The average molecular weight is 361 g/mol. The van der Waals surface area contributed by atoms with Gasteiger partial charge >= 0.3 is 0 Å². The normalized spacial score (nSPS) is 14.7. The van der Waals surface area contributed by atoms with E-state index in [0.29, 0.717) is 16.9 Å². The maximum absolute atomic E-state index is 12.8. The largest absolute Gasteiger partial charge is 0.409 e. The summed E-state index contributed by atoms with van der Waals surface area (Å²) in [6, 6.07) is 14.3. The smallest absolute Gasteiger partial charge is 0.242 e. The number of amides is 2. The summed E-state index contributed by atoms with van der Waals surface area (Å²) in [7, 11) is 0. The molecule has 0 fully saturated rings. The molecule has 1 aliphatic heterocycles. The van der Waals surface area contributed by atoms with E-state index < -0.39 is 11.8 Å². The number of aromatic nitrogens is 1. The van der Waals surface area contributed by atoms with Crippen molar-refractivity contribution < 1.29 is 14.8 Å². The molecule has 3 aromatic rings. The molecular weight excluding hydrogens is 346 g/mol. The number of amidine groups is 1. The molecule has 1 aromatic heterocycles. The molecule has 2 amide bonds. The Labute approximate surface area is 153 Å². The Morgan fingerprint density at radius 2 is 2.00 bits per heavy atom. The van der Waals surface area contributed by atoms with Crippen LogP contribution in [0, 0.1) is 0 Å². The zero-order valence-electron chi connectivity index (χ0n) is 14.1. The van der Waals surface area contributed by atoms with E-state index in [1.165, 1.54) is 17.2 Å². The summed E-state index contributed by atoms with van der Waals surface area (Å²) in [5.74, 6) is -0.649. The van der Waals surface area contributed by atoms with Gasteiger partial charge in [0.05, 0.1) is 11.4 Å². The minimum Gasteiger partial charge on any atom is -0.409 e. The Morgan fingerprint density at radius 3 is 2.81 bits per heavy atom. The zero-order valence-corrected chi connectivity index (χ0v) is 14.1. The molecule has 27 heavy (non-hydrogen) atoms. The summed E-state index contributed by atoms with van der Waals surface area (Å²) >= 11 is 0. The van der Waals surface area contributed by atoms with Gasteiger partial charge in [-0.25, -0.2) is 4.98 Å². The molecule has 0 spiro atoms. The first-order valence-electron chi connectivity index (χ1n) is 8.17. The molecule has 0 saturated carbocycles. The molecule has 0 aliphatic carbocycles. The van der Waals surface area contributed by atoms with Gasteiger partial charge in [-0.15, -0.1) is 0 Å². The van der Waals surface area contributed by atoms with E-state index in [9.17, 15) is 9.59 Å². The van der Waals surface area contributed by atoms with Crippen LogP contribution in [0.3, 0.4) is 0 Å². The topological polar surface area (TPSA) is 121 Å². The monoisotopic (exact) mass is 361 g/mol. The van der Waals surface area contributed by atoms with Gasteiger partial charge in [0.25, 0.3) is 0 Å². The molecule has 134 valence electrons. The second-order valence-electron chi connectivity index (χ2n) is 6.02. The highest BCUT2D eigenvalue weighted by Gasteiger charge is 2.29. The minimum absolute atomic E-state index is 0.103. The fraction of sp³-hybridized carbons (Fsp3) is 0.0526.